The molecule has 1 aliphatic rings. The number of likely N-dealkylation sites (tertiary alicyclic amines) is 1. The molecule has 6 heteroatoms. The fourth-order valence-corrected chi connectivity index (χ4v) is 4.06. The molecular weight excluding hydrogens is 296 g/mol. The largest absolute Gasteiger partial charge is 0.333 e. The number of thiazole rings is 1. The van der Waals surface area contributed by atoms with Gasteiger partial charge in [0.25, 0.3) is 0 Å². The first-order valence-electron chi connectivity index (χ1n) is 7.76. The minimum Gasteiger partial charge on any atom is -0.333 e. The van der Waals surface area contributed by atoms with Crippen LogP contribution in [0.2, 0.25) is 0 Å². The van der Waals surface area contributed by atoms with Gasteiger partial charge in [-0.3, -0.25) is 9.48 Å². The molecule has 0 radical (unpaired) electrons. The minimum atomic E-state index is 0.184. The Balaban J connectivity index is 1.67. The normalized spacial score (nSPS) is 18.1. The topological polar surface area (TPSA) is 51.0 Å². The summed E-state index contributed by atoms with van der Waals surface area (Å²) in [5.41, 5.74) is 3.40. The second-order valence-corrected chi connectivity index (χ2v) is 6.81. The van der Waals surface area contributed by atoms with Crippen LogP contribution in [0.5, 0.6) is 0 Å². The molecule has 2 aromatic rings. The van der Waals surface area contributed by atoms with Crippen LogP contribution >= 0.6 is 11.3 Å². The molecule has 0 bridgehead atoms. The van der Waals surface area contributed by atoms with Gasteiger partial charge in [0.05, 0.1) is 11.7 Å². The van der Waals surface area contributed by atoms with Crippen molar-refractivity contribution in [2.45, 2.75) is 45.6 Å². The quantitative estimate of drug-likeness (QED) is 0.871. The molecule has 5 nitrogen and oxygen atoms in total. The van der Waals surface area contributed by atoms with Crippen LogP contribution in [0.1, 0.15) is 47.3 Å². The maximum Gasteiger partial charge on any atom is 0.223 e. The van der Waals surface area contributed by atoms with Gasteiger partial charge in [-0.2, -0.15) is 5.10 Å². The summed E-state index contributed by atoms with van der Waals surface area (Å²) in [6.45, 7) is 4.93. The molecule has 3 heterocycles. The van der Waals surface area contributed by atoms with Crippen molar-refractivity contribution in [3.05, 3.63) is 33.5 Å². The number of amides is 1. The lowest BCUT2D eigenvalue weighted by molar-refractivity contribution is -0.132. The molecule has 1 amide bonds. The third-order valence-electron chi connectivity index (χ3n) is 4.56. The van der Waals surface area contributed by atoms with Gasteiger partial charge in [0.2, 0.25) is 5.91 Å². The Morgan fingerprint density at radius 3 is 2.91 bits per heavy atom. The Kier molecular flexibility index (Phi) is 4.29. The number of aryl methyl sites for hydroxylation is 2. The summed E-state index contributed by atoms with van der Waals surface area (Å²) in [5, 5.41) is 7.48. The van der Waals surface area contributed by atoms with Gasteiger partial charge in [-0.1, -0.05) is 0 Å². The van der Waals surface area contributed by atoms with Crippen molar-refractivity contribution < 1.29 is 4.79 Å². The molecule has 3 rings (SSSR count). The van der Waals surface area contributed by atoms with E-state index in [0.29, 0.717) is 6.42 Å². The first kappa shape index (κ1) is 15.2. The van der Waals surface area contributed by atoms with E-state index in [-0.39, 0.29) is 11.9 Å². The molecule has 0 N–H and O–H groups in total. The highest BCUT2D eigenvalue weighted by molar-refractivity contribution is 7.09. The fourth-order valence-electron chi connectivity index (χ4n) is 3.28. The molecule has 1 fully saturated rings. The van der Waals surface area contributed by atoms with Gasteiger partial charge in [0.15, 0.2) is 0 Å². The Hall–Kier alpha value is -1.69. The lowest BCUT2D eigenvalue weighted by Gasteiger charge is -2.23. The molecule has 0 spiro atoms. The number of carbonyl (C=O) groups excluding carboxylic acids is 1. The van der Waals surface area contributed by atoms with Crippen molar-refractivity contribution in [2.24, 2.45) is 7.05 Å². The van der Waals surface area contributed by atoms with Gasteiger partial charge in [0.1, 0.15) is 5.01 Å². The number of aromatic nitrogens is 3. The van der Waals surface area contributed by atoms with E-state index < -0.39 is 0 Å². The fraction of sp³-hybridized carbons (Fsp3) is 0.562. The standard InChI is InChI=1S/C16H22N4OS/c1-11-13(12(2)19(3)18-11)6-7-15(21)20-9-4-5-14(20)16-17-8-10-22-16/h8,10,14H,4-7,9H2,1-3H3/t14-/m1/s1. The molecule has 0 saturated carbocycles. The van der Waals surface area contributed by atoms with Crippen molar-refractivity contribution in [2.75, 3.05) is 6.54 Å². The Bertz CT molecular complexity index is 662. The van der Waals surface area contributed by atoms with E-state index >= 15 is 0 Å². The molecule has 118 valence electrons. The lowest BCUT2D eigenvalue weighted by atomic mass is 10.1. The van der Waals surface area contributed by atoms with E-state index in [9.17, 15) is 4.79 Å². The van der Waals surface area contributed by atoms with E-state index in [1.54, 1.807) is 11.3 Å². The van der Waals surface area contributed by atoms with Gasteiger partial charge in [-0.15, -0.1) is 11.3 Å². The smallest absolute Gasteiger partial charge is 0.223 e. The number of nitrogens with zero attached hydrogens (tertiary/aromatic N) is 4. The summed E-state index contributed by atoms with van der Waals surface area (Å²) in [4.78, 5) is 19.0. The monoisotopic (exact) mass is 318 g/mol. The van der Waals surface area contributed by atoms with Crippen LogP contribution in [-0.2, 0) is 18.3 Å². The predicted octanol–water partition coefficient (Wildman–Crippen LogP) is 2.79. The van der Waals surface area contributed by atoms with Gasteiger partial charge >= 0.3 is 0 Å². The molecule has 1 saturated heterocycles. The van der Waals surface area contributed by atoms with E-state index in [1.807, 2.05) is 35.1 Å². The van der Waals surface area contributed by atoms with Gasteiger partial charge < -0.3 is 4.90 Å². The van der Waals surface area contributed by atoms with Crippen LogP contribution < -0.4 is 0 Å². The average molecular weight is 318 g/mol. The van der Waals surface area contributed by atoms with E-state index in [4.69, 9.17) is 0 Å². The Morgan fingerprint density at radius 2 is 2.27 bits per heavy atom. The van der Waals surface area contributed by atoms with Crippen molar-refractivity contribution in [1.29, 1.82) is 0 Å². The third-order valence-corrected chi connectivity index (χ3v) is 5.43. The molecular formula is C16H22N4OS. The summed E-state index contributed by atoms with van der Waals surface area (Å²) >= 11 is 1.65. The number of hydrogen-bond acceptors (Lipinski definition) is 4. The van der Waals surface area contributed by atoms with E-state index in [2.05, 4.69) is 17.0 Å². The summed E-state index contributed by atoms with van der Waals surface area (Å²) < 4.78 is 1.89. The predicted molar refractivity (Wildman–Crippen MR) is 86.8 cm³/mol. The highest BCUT2D eigenvalue weighted by Gasteiger charge is 2.31. The molecule has 0 unspecified atom stereocenters. The maximum atomic E-state index is 12.6. The summed E-state index contributed by atoms with van der Waals surface area (Å²) in [5.74, 6) is 0.236. The SMILES string of the molecule is Cc1nn(C)c(C)c1CCC(=O)N1CCC[C@@H]1c1nccs1. The summed E-state index contributed by atoms with van der Waals surface area (Å²) in [6.07, 6.45) is 5.25. The molecule has 2 aromatic heterocycles. The van der Waals surface area contributed by atoms with Crippen LogP contribution in [0.15, 0.2) is 11.6 Å². The van der Waals surface area contributed by atoms with Gasteiger partial charge in [0, 0.05) is 37.3 Å². The first-order chi connectivity index (χ1) is 10.6. The van der Waals surface area contributed by atoms with Crippen molar-refractivity contribution in [1.82, 2.24) is 19.7 Å². The van der Waals surface area contributed by atoms with Crippen molar-refractivity contribution in [3.63, 3.8) is 0 Å². The van der Waals surface area contributed by atoms with Crippen molar-refractivity contribution >= 4 is 17.2 Å². The minimum absolute atomic E-state index is 0.184. The number of carbonyl (C=O) groups is 1. The zero-order chi connectivity index (χ0) is 15.7. The summed E-state index contributed by atoms with van der Waals surface area (Å²) in [7, 11) is 1.95. The molecule has 0 aliphatic carbocycles. The second kappa shape index (κ2) is 6.20. The van der Waals surface area contributed by atoms with Crippen LogP contribution in [0.25, 0.3) is 0 Å². The average Bonchev–Trinajstić information content (AvgIpc) is 3.20. The third kappa shape index (κ3) is 2.79. The maximum absolute atomic E-state index is 12.6. The Morgan fingerprint density at radius 1 is 1.45 bits per heavy atom. The van der Waals surface area contributed by atoms with Gasteiger partial charge in [-0.05, 0) is 38.7 Å². The molecule has 1 aliphatic heterocycles. The molecule has 0 aromatic carbocycles. The van der Waals surface area contributed by atoms with Crippen LogP contribution in [0.4, 0.5) is 0 Å². The summed E-state index contributed by atoms with van der Waals surface area (Å²) in [6, 6.07) is 0.184. The highest BCUT2D eigenvalue weighted by atomic mass is 32.1. The zero-order valence-electron chi connectivity index (χ0n) is 13.4. The highest BCUT2D eigenvalue weighted by Crippen LogP contribution is 2.33. The van der Waals surface area contributed by atoms with Crippen molar-refractivity contribution in [3.8, 4) is 0 Å². The molecule has 22 heavy (non-hydrogen) atoms. The molecule has 1 atom stereocenters. The number of rotatable bonds is 4. The van der Waals surface area contributed by atoms with E-state index in [0.717, 1.165) is 42.2 Å². The number of hydrogen-bond donors (Lipinski definition) is 0. The second-order valence-electron chi connectivity index (χ2n) is 5.89. The Labute approximate surface area is 135 Å². The zero-order valence-corrected chi connectivity index (χ0v) is 14.2. The first-order valence-corrected chi connectivity index (χ1v) is 8.64. The van der Waals surface area contributed by atoms with Crippen LogP contribution in [0, 0.1) is 13.8 Å². The lowest BCUT2D eigenvalue weighted by Crippen LogP contribution is -2.30. The van der Waals surface area contributed by atoms with Gasteiger partial charge in [-0.25, -0.2) is 4.98 Å². The van der Waals surface area contributed by atoms with Crippen LogP contribution in [0.3, 0.4) is 0 Å². The van der Waals surface area contributed by atoms with E-state index in [1.165, 1.54) is 5.56 Å². The van der Waals surface area contributed by atoms with Crippen LogP contribution in [-0.4, -0.2) is 32.1 Å².